The van der Waals surface area contributed by atoms with Gasteiger partial charge in [0.2, 0.25) is 5.65 Å². The van der Waals surface area contributed by atoms with Crippen LogP contribution in [0.25, 0.3) is 17.0 Å². The zero-order valence-corrected chi connectivity index (χ0v) is 13.7. The normalized spacial score (nSPS) is 10.9. The molecule has 0 atom stereocenters. The number of rotatable bonds is 3. The average molecular weight is 315 g/mol. The molecule has 2 N–H and O–H groups in total. The smallest absolute Gasteiger partial charge is 0.270 e. The molecule has 0 amide bonds. The molecule has 0 aliphatic carbocycles. The Labute approximate surface area is 140 Å². The van der Waals surface area contributed by atoms with Crippen molar-refractivity contribution in [2.24, 2.45) is 0 Å². The van der Waals surface area contributed by atoms with Crippen LogP contribution in [-0.2, 0) is 0 Å². The monoisotopic (exact) mass is 315 g/mol. The molecule has 0 fully saturated rings. The SMILES string of the molecule is Cc1ccccc1Nc1c(-c2ccccn2)[nH]c2c(C)ccc[n+]12. The van der Waals surface area contributed by atoms with Gasteiger partial charge >= 0.3 is 0 Å². The lowest BCUT2D eigenvalue weighted by atomic mass is 10.2. The molecule has 0 radical (unpaired) electrons. The topological polar surface area (TPSA) is 44.8 Å². The van der Waals surface area contributed by atoms with E-state index < -0.39 is 0 Å². The number of para-hydroxylation sites is 1. The van der Waals surface area contributed by atoms with Crippen LogP contribution in [0.2, 0.25) is 0 Å². The van der Waals surface area contributed by atoms with Crippen molar-refractivity contribution in [2.75, 3.05) is 5.32 Å². The Morgan fingerprint density at radius 1 is 0.917 bits per heavy atom. The van der Waals surface area contributed by atoms with Crippen molar-refractivity contribution in [3.8, 4) is 11.4 Å². The third-order valence-electron chi connectivity index (χ3n) is 4.24. The van der Waals surface area contributed by atoms with Gasteiger partial charge in [0.05, 0.1) is 11.9 Å². The van der Waals surface area contributed by atoms with Crippen LogP contribution >= 0.6 is 0 Å². The van der Waals surface area contributed by atoms with Crippen LogP contribution in [0, 0.1) is 13.8 Å². The van der Waals surface area contributed by atoms with Crippen molar-refractivity contribution < 1.29 is 4.40 Å². The minimum absolute atomic E-state index is 0.914. The van der Waals surface area contributed by atoms with E-state index in [0.29, 0.717) is 0 Å². The maximum absolute atomic E-state index is 4.51. The molecule has 0 saturated carbocycles. The van der Waals surface area contributed by atoms with E-state index in [-0.39, 0.29) is 0 Å². The van der Waals surface area contributed by atoms with Crippen molar-refractivity contribution >= 4 is 17.2 Å². The zero-order chi connectivity index (χ0) is 16.5. The van der Waals surface area contributed by atoms with Gasteiger partial charge in [0, 0.05) is 11.8 Å². The molecule has 4 aromatic rings. The van der Waals surface area contributed by atoms with Crippen LogP contribution in [-0.4, -0.2) is 9.97 Å². The maximum Gasteiger partial charge on any atom is 0.273 e. The van der Waals surface area contributed by atoms with Gasteiger partial charge in [-0.15, -0.1) is 0 Å². The largest absolute Gasteiger partial charge is 0.273 e. The first-order chi connectivity index (χ1) is 11.7. The van der Waals surface area contributed by atoms with Crippen molar-refractivity contribution in [2.45, 2.75) is 13.8 Å². The van der Waals surface area contributed by atoms with E-state index in [1.807, 2.05) is 36.5 Å². The summed E-state index contributed by atoms with van der Waals surface area (Å²) >= 11 is 0. The molecule has 3 heterocycles. The second kappa shape index (κ2) is 5.81. The molecule has 4 nitrogen and oxygen atoms in total. The van der Waals surface area contributed by atoms with E-state index in [1.165, 1.54) is 11.1 Å². The average Bonchev–Trinajstić information content (AvgIpc) is 2.98. The van der Waals surface area contributed by atoms with Crippen molar-refractivity contribution in [3.63, 3.8) is 0 Å². The predicted octanol–water partition coefficient (Wildman–Crippen LogP) is 4.18. The molecule has 0 aliphatic heterocycles. The van der Waals surface area contributed by atoms with Crippen LogP contribution in [0.15, 0.2) is 67.0 Å². The van der Waals surface area contributed by atoms with Gasteiger partial charge in [0.25, 0.3) is 5.82 Å². The summed E-state index contributed by atoms with van der Waals surface area (Å²) in [5.41, 5.74) is 6.43. The van der Waals surface area contributed by atoms with Crippen molar-refractivity contribution in [1.82, 2.24) is 9.97 Å². The summed E-state index contributed by atoms with van der Waals surface area (Å²) in [4.78, 5) is 8.04. The molecule has 1 aromatic carbocycles. The van der Waals surface area contributed by atoms with Gasteiger partial charge < -0.3 is 0 Å². The van der Waals surface area contributed by atoms with E-state index in [1.54, 1.807) is 0 Å². The highest BCUT2D eigenvalue weighted by Crippen LogP contribution is 2.27. The number of aromatic nitrogens is 3. The fourth-order valence-corrected chi connectivity index (χ4v) is 2.92. The third-order valence-corrected chi connectivity index (χ3v) is 4.24. The highest BCUT2D eigenvalue weighted by atomic mass is 15.1. The summed E-state index contributed by atoms with van der Waals surface area (Å²) < 4.78 is 2.14. The number of hydrogen-bond acceptors (Lipinski definition) is 2. The quantitative estimate of drug-likeness (QED) is 0.557. The highest BCUT2D eigenvalue weighted by molar-refractivity contribution is 5.74. The zero-order valence-electron chi connectivity index (χ0n) is 13.7. The molecule has 118 valence electrons. The molecular weight excluding hydrogens is 296 g/mol. The van der Waals surface area contributed by atoms with E-state index in [2.05, 4.69) is 64.0 Å². The first-order valence-electron chi connectivity index (χ1n) is 8.01. The minimum Gasteiger partial charge on any atom is -0.270 e. The molecule has 4 rings (SSSR count). The summed E-state index contributed by atoms with van der Waals surface area (Å²) in [6.45, 7) is 4.21. The molecular formula is C20H19N4+. The minimum atomic E-state index is 0.914. The number of aromatic amines is 1. The van der Waals surface area contributed by atoms with E-state index in [0.717, 1.165) is 28.5 Å². The standard InChI is InChI=1S/C20H18N4/c1-14-8-3-4-10-16(14)22-20-18(17-11-5-6-12-21-17)23-19-15(2)9-7-13-24(19)20/h3-13H,1-2H3,(H,21,22)/p+1. The number of nitrogens with zero attached hydrogens (tertiary/aromatic N) is 2. The Balaban J connectivity index is 1.95. The number of H-pyrrole nitrogens is 1. The number of pyridine rings is 2. The second-order valence-corrected chi connectivity index (χ2v) is 5.91. The molecule has 0 unspecified atom stereocenters. The number of hydrogen-bond donors (Lipinski definition) is 2. The Bertz CT molecular complexity index is 1000. The van der Waals surface area contributed by atoms with Gasteiger partial charge in [0.1, 0.15) is 5.69 Å². The lowest BCUT2D eigenvalue weighted by Gasteiger charge is -2.05. The lowest BCUT2D eigenvalue weighted by molar-refractivity contribution is -0.494. The van der Waals surface area contributed by atoms with Gasteiger partial charge in [0.15, 0.2) is 5.69 Å². The van der Waals surface area contributed by atoms with Crippen molar-refractivity contribution in [3.05, 3.63) is 78.1 Å². The molecule has 0 saturated heterocycles. The fraction of sp³-hybridized carbons (Fsp3) is 0.100. The van der Waals surface area contributed by atoms with Gasteiger partial charge in [-0.05, 0) is 49.7 Å². The van der Waals surface area contributed by atoms with E-state index >= 15 is 0 Å². The van der Waals surface area contributed by atoms with Gasteiger partial charge in [-0.3, -0.25) is 15.3 Å². The Kier molecular flexibility index (Phi) is 3.50. The summed E-state index contributed by atoms with van der Waals surface area (Å²) in [6, 6.07) is 18.4. The second-order valence-electron chi connectivity index (χ2n) is 5.91. The van der Waals surface area contributed by atoms with E-state index in [9.17, 15) is 0 Å². The fourth-order valence-electron chi connectivity index (χ4n) is 2.92. The Morgan fingerprint density at radius 2 is 1.71 bits per heavy atom. The van der Waals surface area contributed by atoms with Crippen molar-refractivity contribution in [1.29, 1.82) is 0 Å². The predicted molar refractivity (Wildman–Crippen MR) is 96.4 cm³/mol. The number of imidazole rings is 1. The lowest BCUT2D eigenvalue weighted by Crippen LogP contribution is -2.23. The summed E-state index contributed by atoms with van der Waals surface area (Å²) in [5, 5.41) is 3.58. The molecule has 4 heteroatoms. The molecule has 0 aliphatic rings. The first kappa shape index (κ1) is 14.5. The highest BCUT2D eigenvalue weighted by Gasteiger charge is 2.22. The summed E-state index contributed by atoms with van der Waals surface area (Å²) in [6.07, 6.45) is 3.88. The Morgan fingerprint density at radius 3 is 2.50 bits per heavy atom. The number of nitrogens with one attached hydrogen (secondary N) is 2. The number of anilines is 2. The Hall–Kier alpha value is -3.14. The molecule has 0 spiro atoms. The number of aryl methyl sites for hydroxylation is 2. The first-order valence-corrected chi connectivity index (χ1v) is 8.01. The summed E-state index contributed by atoms with van der Waals surface area (Å²) in [5.74, 6) is 0.988. The van der Waals surface area contributed by atoms with Gasteiger partial charge in [-0.1, -0.05) is 24.3 Å². The number of benzene rings is 1. The van der Waals surface area contributed by atoms with Crippen LogP contribution in [0.4, 0.5) is 11.5 Å². The van der Waals surface area contributed by atoms with Crippen LogP contribution < -0.4 is 9.72 Å². The van der Waals surface area contributed by atoms with E-state index in [4.69, 9.17) is 0 Å². The molecule has 3 aromatic heterocycles. The summed E-state index contributed by atoms with van der Waals surface area (Å²) in [7, 11) is 0. The van der Waals surface area contributed by atoms with Crippen LogP contribution in [0.5, 0.6) is 0 Å². The number of fused-ring (bicyclic) bond motifs is 1. The molecule has 24 heavy (non-hydrogen) atoms. The molecule has 0 bridgehead atoms. The van der Waals surface area contributed by atoms with Gasteiger partial charge in [-0.2, -0.15) is 0 Å². The van der Waals surface area contributed by atoms with Crippen LogP contribution in [0.1, 0.15) is 11.1 Å². The van der Waals surface area contributed by atoms with Crippen LogP contribution in [0.3, 0.4) is 0 Å². The maximum atomic E-state index is 4.51. The third kappa shape index (κ3) is 2.42. The van der Waals surface area contributed by atoms with Gasteiger partial charge in [-0.25, -0.2) is 4.40 Å².